The second kappa shape index (κ2) is 7.56. The zero-order valence-corrected chi connectivity index (χ0v) is 16.0. The third-order valence-corrected chi connectivity index (χ3v) is 4.38. The van der Waals surface area contributed by atoms with Crippen LogP contribution in [0.25, 0.3) is 22.2 Å². The van der Waals surface area contributed by atoms with E-state index in [-0.39, 0.29) is 11.5 Å². The van der Waals surface area contributed by atoms with E-state index < -0.39 is 5.97 Å². The number of fused-ring (bicyclic) bond motifs is 1. The van der Waals surface area contributed by atoms with Crippen LogP contribution < -0.4 is 14.8 Å². The molecular weight excluding hydrogens is 360 g/mol. The van der Waals surface area contributed by atoms with Crippen LogP contribution in [0, 0.1) is 6.92 Å². The summed E-state index contributed by atoms with van der Waals surface area (Å²) in [6, 6.07) is 10.2. The molecule has 7 heteroatoms. The molecule has 2 N–H and O–H groups in total. The van der Waals surface area contributed by atoms with Crippen LogP contribution in [0.2, 0.25) is 0 Å². The van der Waals surface area contributed by atoms with Crippen LogP contribution >= 0.6 is 0 Å². The fourth-order valence-electron chi connectivity index (χ4n) is 3.03. The fraction of sp³-hybridized carbons (Fsp3) is 0.190. The van der Waals surface area contributed by atoms with Crippen LogP contribution in [0.5, 0.6) is 11.5 Å². The molecule has 0 spiro atoms. The van der Waals surface area contributed by atoms with Gasteiger partial charge in [0.1, 0.15) is 0 Å². The standard InChI is InChI=1S/C21H20N2O5/c1-11-7-14-15(21(25)26)9-17(23-18(14)10-16(11)22-12(2)24)13-5-6-19(27-3)20(8-13)28-4/h5-10H,1-4H3,(H,22,24)(H,25,26). The van der Waals surface area contributed by atoms with Gasteiger partial charge in [0.15, 0.2) is 11.5 Å². The van der Waals surface area contributed by atoms with E-state index in [4.69, 9.17) is 9.47 Å². The van der Waals surface area contributed by atoms with Crippen LogP contribution in [0.4, 0.5) is 5.69 Å². The van der Waals surface area contributed by atoms with Crippen molar-refractivity contribution in [2.45, 2.75) is 13.8 Å². The molecule has 1 amide bonds. The molecule has 7 nitrogen and oxygen atoms in total. The van der Waals surface area contributed by atoms with E-state index >= 15 is 0 Å². The largest absolute Gasteiger partial charge is 0.493 e. The summed E-state index contributed by atoms with van der Waals surface area (Å²) in [6.45, 7) is 3.22. The first-order chi connectivity index (χ1) is 13.3. The average Bonchev–Trinajstić information content (AvgIpc) is 2.66. The summed E-state index contributed by atoms with van der Waals surface area (Å²) in [7, 11) is 3.07. The number of anilines is 1. The molecule has 0 aliphatic carbocycles. The van der Waals surface area contributed by atoms with E-state index in [2.05, 4.69) is 10.3 Å². The van der Waals surface area contributed by atoms with Crippen molar-refractivity contribution in [3.63, 3.8) is 0 Å². The molecule has 0 aliphatic heterocycles. The van der Waals surface area contributed by atoms with Crippen molar-refractivity contribution in [3.05, 3.63) is 47.5 Å². The van der Waals surface area contributed by atoms with Crippen LogP contribution in [-0.4, -0.2) is 36.2 Å². The second-order valence-corrected chi connectivity index (χ2v) is 6.30. The SMILES string of the molecule is COc1ccc(-c2cc(C(=O)O)c3cc(C)c(NC(C)=O)cc3n2)cc1OC. The zero-order valence-electron chi connectivity index (χ0n) is 16.0. The lowest BCUT2D eigenvalue weighted by molar-refractivity contribution is -0.114. The van der Waals surface area contributed by atoms with Gasteiger partial charge in [-0.05, 0) is 48.9 Å². The van der Waals surface area contributed by atoms with E-state index in [0.29, 0.717) is 39.3 Å². The van der Waals surface area contributed by atoms with Gasteiger partial charge in [0.2, 0.25) is 5.91 Å². The number of pyridine rings is 1. The normalized spacial score (nSPS) is 10.6. The molecule has 0 saturated heterocycles. The number of benzene rings is 2. The molecule has 0 unspecified atom stereocenters. The maximum atomic E-state index is 11.9. The molecule has 0 fully saturated rings. The molecule has 0 atom stereocenters. The number of carbonyl (C=O) groups excluding carboxylic acids is 1. The van der Waals surface area contributed by atoms with Gasteiger partial charge >= 0.3 is 5.97 Å². The van der Waals surface area contributed by atoms with Crippen molar-refractivity contribution in [1.82, 2.24) is 4.98 Å². The molecule has 2 aromatic carbocycles. The highest BCUT2D eigenvalue weighted by Gasteiger charge is 2.16. The summed E-state index contributed by atoms with van der Waals surface area (Å²) in [5, 5.41) is 12.9. The lowest BCUT2D eigenvalue weighted by Gasteiger charge is -2.13. The third-order valence-electron chi connectivity index (χ3n) is 4.38. The number of ether oxygens (including phenoxy) is 2. The first-order valence-electron chi connectivity index (χ1n) is 8.52. The molecule has 0 bridgehead atoms. The summed E-state index contributed by atoms with van der Waals surface area (Å²) >= 11 is 0. The number of hydrogen-bond acceptors (Lipinski definition) is 5. The minimum absolute atomic E-state index is 0.132. The molecule has 144 valence electrons. The number of rotatable bonds is 5. The maximum absolute atomic E-state index is 11.9. The molecule has 1 aromatic heterocycles. The summed E-state index contributed by atoms with van der Waals surface area (Å²) in [4.78, 5) is 27.9. The van der Waals surface area contributed by atoms with Crippen molar-refractivity contribution >= 4 is 28.5 Å². The topological polar surface area (TPSA) is 97.8 Å². The number of methoxy groups -OCH3 is 2. The molecule has 3 aromatic rings. The van der Waals surface area contributed by atoms with E-state index in [1.165, 1.54) is 20.1 Å². The van der Waals surface area contributed by atoms with Gasteiger partial charge in [-0.25, -0.2) is 9.78 Å². The fourth-order valence-corrected chi connectivity index (χ4v) is 3.03. The van der Waals surface area contributed by atoms with E-state index in [0.717, 1.165) is 5.56 Å². The second-order valence-electron chi connectivity index (χ2n) is 6.30. The molecule has 3 rings (SSSR count). The van der Waals surface area contributed by atoms with Crippen LogP contribution in [0.3, 0.4) is 0 Å². The Labute approximate surface area is 161 Å². The van der Waals surface area contributed by atoms with E-state index in [9.17, 15) is 14.7 Å². The minimum Gasteiger partial charge on any atom is -0.493 e. The zero-order chi connectivity index (χ0) is 20.4. The molecule has 0 radical (unpaired) electrons. The Balaban J connectivity index is 2.25. The molecule has 0 aliphatic rings. The quantitative estimate of drug-likeness (QED) is 0.697. The number of nitrogens with zero attached hydrogens (tertiary/aromatic N) is 1. The lowest BCUT2D eigenvalue weighted by atomic mass is 10.0. The number of aromatic carboxylic acids is 1. The van der Waals surface area contributed by atoms with Crippen LogP contribution in [-0.2, 0) is 4.79 Å². The first-order valence-corrected chi connectivity index (χ1v) is 8.52. The number of aryl methyl sites for hydroxylation is 1. The highest BCUT2D eigenvalue weighted by Crippen LogP contribution is 2.34. The summed E-state index contributed by atoms with van der Waals surface area (Å²) in [5.74, 6) is -0.187. The Bertz CT molecular complexity index is 1090. The third kappa shape index (κ3) is 3.59. The van der Waals surface area contributed by atoms with Crippen LogP contribution in [0.15, 0.2) is 36.4 Å². The van der Waals surface area contributed by atoms with Crippen molar-refractivity contribution in [2.75, 3.05) is 19.5 Å². The molecule has 0 saturated carbocycles. The maximum Gasteiger partial charge on any atom is 0.336 e. The Kier molecular flexibility index (Phi) is 5.17. The van der Waals surface area contributed by atoms with Crippen LogP contribution in [0.1, 0.15) is 22.8 Å². The van der Waals surface area contributed by atoms with Gasteiger partial charge in [-0.3, -0.25) is 4.79 Å². The monoisotopic (exact) mass is 380 g/mol. The highest BCUT2D eigenvalue weighted by atomic mass is 16.5. The number of aromatic nitrogens is 1. The molecule has 28 heavy (non-hydrogen) atoms. The van der Waals surface area contributed by atoms with Gasteiger partial charge < -0.3 is 19.9 Å². The summed E-state index contributed by atoms with van der Waals surface area (Å²) in [5.41, 5.74) is 3.11. The minimum atomic E-state index is -1.05. The Morgan fingerprint density at radius 2 is 1.75 bits per heavy atom. The smallest absolute Gasteiger partial charge is 0.336 e. The molecule has 1 heterocycles. The summed E-state index contributed by atoms with van der Waals surface area (Å²) in [6.07, 6.45) is 0. The van der Waals surface area contributed by atoms with Gasteiger partial charge in [0, 0.05) is 23.6 Å². The van der Waals surface area contributed by atoms with Crippen molar-refractivity contribution in [2.24, 2.45) is 0 Å². The van der Waals surface area contributed by atoms with Gasteiger partial charge in [0.05, 0.1) is 31.0 Å². The average molecular weight is 380 g/mol. The number of carboxylic acids is 1. The Hall–Kier alpha value is -3.61. The number of carbonyl (C=O) groups is 2. The number of carboxylic acid groups (broad SMARTS) is 1. The number of amides is 1. The summed E-state index contributed by atoms with van der Waals surface area (Å²) < 4.78 is 10.6. The van der Waals surface area contributed by atoms with Crippen molar-refractivity contribution in [3.8, 4) is 22.8 Å². The Morgan fingerprint density at radius 1 is 1.04 bits per heavy atom. The van der Waals surface area contributed by atoms with Crippen molar-refractivity contribution < 1.29 is 24.2 Å². The van der Waals surface area contributed by atoms with Gasteiger partial charge in [-0.2, -0.15) is 0 Å². The number of hydrogen-bond donors (Lipinski definition) is 2. The van der Waals surface area contributed by atoms with Gasteiger partial charge in [-0.15, -0.1) is 0 Å². The van der Waals surface area contributed by atoms with E-state index in [1.807, 2.05) is 0 Å². The Morgan fingerprint density at radius 3 is 2.36 bits per heavy atom. The first kappa shape index (κ1) is 19.2. The predicted octanol–water partition coefficient (Wildman–Crippen LogP) is 3.88. The predicted molar refractivity (Wildman–Crippen MR) is 106 cm³/mol. The van der Waals surface area contributed by atoms with Crippen molar-refractivity contribution in [1.29, 1.82) is 0 Å². The highest BCUT2D eigenvalue weighted by molar-refractivity contribution is 6.05. The van der Waals surface area contributed by atoms with Gasteiger partial charge in [-0.1, -0.05) is 0 Å². The lowest BCUT2D eigenvalue weighted by Crippen LogP contribution is -2.08. The molecular formula is C21H20N2O5. The van der Waals surface area contributed by atoms with E-state index in [1.54, 1.807) is 44.4 Å². The van der Waals surface area contributed by atoms with Gasteiger partial charge in [0.25, 0.3) is 0 Å². The number of nitrogens with one attached hydrogen (secondary N) is 1.